The van der Waals surface area contributed by atoms with Crippen LogP contribution in [-0.2, 0) is 0 Å². The van der Waals surface area contributed by atoms with Crippen LogP contribution in [0.2, 0.25) is 0 Å². The van der Waals surface area contributed by atoms with Gasteiger partial charge in [-0.3, -0.25) is 4.79 Å². The van der Waals surface area contributed by atoms with E-state index < -0.39 is 0 Å². The third kappa shape index (κ3) is 4.06. The minimum absolute atomic E-state index is 0.0285. The molecular formula is C21H22N4O. The molecule has 26 heavy (non-hydrogen) atoms. The maximum Gasteiger partial charge on any atom is 0.229 e. The number of aryl methyl sites for hydroxylation is 1. The molecule has 0 spiro atoms. The standard InChI is InChI=1S/C21H22N4O/c1-4-25(19-11-6-5-7-12-19)20-13-15(2)22-21(24-20)23-18-10-8-9-17(14-18)16(3)26/h5-14H,4H2,1-3H3,(H,22,23,24). The summed E-state index contributed by atoms with van der Waals surface area (Å²) in [6.45, 7) is 6.38. The number of benzene rings is 2. The van der Waals surface area contributed by atoms with Gasteiger partial charge in [0.1, 0.15) is 5.82 Å². The number of anilines is 4. The van der Waals surface area contributed by atoms with Crippen molar-refractivity contribution in [2.45, 2.75) is 20.8 Å². The molecule has 0 aliphatic heterocycles. The van der Waals surface area contributed by atoms with Crippen molar-refractivity contribution in [2.75, 3.05) is 16.8 Å². The Morgan fingerprint density at radius 1 is 1.04 bits per heavy atom. The van der Waals surface area contributed by atoms with Gasteiger partial charge in [0.25, 0.3) is 0 Å². The molecule has 3 aromatic rings. The topological polar surface area (TPSA) is 58.1 Å². The summed E-state index contributed by atoms with van der Waals surface area (Å²) in [5.74, 6) is 1.37. The minimum atomic E-state index is 0.0285. The highest BCUT2D eigenvalue weighted by atomic mass is 16.1. The number of hydrogen-bond donors (Lipinski definition) is 1. The first-order valence-electron chi connectivity index (χ1n) is 8.63. The Kier molecular flexibility index (Phi) is 5.27. The van der Waals surface area contributed by atoms with Crippen molar-refractivity contribution >= 4 is 28.9 Å². The maximum absolute atomic E-state index is 11.6. The zero-order valence-corrected chi connectivity index (χ0v) is 15.2. The smallest absolute Gasteiger partial charge is 0.229 e. The number of rotatable bonds is 6. The molecule has 0 bridgehead atoms. The van der Waals surface area contributed by atoms with E-state index in [1.807, 2.05) is 49.4 Å². The third-order valence-electron chi connectivity index (χ3n) is 4.03. The van der Waals surface area contributed by atoms with Crippen LogP contribution < -0.4 is 10.2 Å². The summed E-state index contributed by atoms with van der Waals surface area (Å²) in [7, 11) is 0. The second kappa shape index (κ2) is 7.78. The first kappa shape index (κ1) is 17.6. The molecule has 0 atom stereocenters. The van der Waals surface area contributed by atoms with Crippen molar-refractivity contribution in [3.63, 3.8) is 0 Å². The largest absolute Gasteiger partial charge is 0.326 e. The van der Waals surface area contributed by atoms with E-state index in [9.17, 15) is 4.79 Å². The zero-order chi connectivity index (χ0) is 18.5. The zero-order valence-electron chi connectivity index (χ0n) is 15.2. The molecule has 5 nitrogen and oxygen atoms in total. The van der Waals surface area contributed by atoms with Crippen molar-refractivity contribution in [1.29, 1.82) is 0 Å². The van der Waals surface area contributed by atoms with Crippen LogP contribution in [0.25, 0.3) is 0 Å². The normalized spacial score (nSPS) is 10.4. The van der Waals surface area contributed by atoms with Gasteiger partial charge in [-0.2, -0.15) is 4.98 Å². The third-order valence-corrected chi connectivity index (χ3v) is 4.03. The fraction of sp³-hybridized carbons (Fsp3) is 0.190. The number of para-hydroxylation sites is 1. The van der Waals surface area contributed by atoms with Crippen molar-refractivity contribution in [1.82, 2.24) is 9.97 Å². The molecule has 0 fully saturated rings. The van der Waals surface area contributed by atoms with E-state index in [4.69, 9.17) is 0 Å². The molecule has 0 saturated carbocycles. The SMILES string of the molecule is CCN(c1ccccc1)c1cc(C)nc(Nc2cccc(C(C)=O)c2)n1. The fourth-order valence-electron chi connectivity index (χ4n) is 2.78. The van der Waals surface area contributed by atoms with Gasteiger partial charge in [0, 0.05) is 35.2 Å². The summed E-state index contributed by atoms with van der Waals surface area (Å²) in [4.78, 5) is 22.9. The van der Waals surface area contributed by atoms with Crippen LogP contribution in [0.1, 0.15) is 29.9 Å². The summed E-state index contributed by atoms with van der Waals surface area (Å²) in [6.07, 6.45) is 0. The van der Waals surface area contributed by atoms with Crippen molar-refractivity contribution in [3.8, 4) is 0 Å². The number of carbonyl (C=O) groups excluding carboxylic acids is 1. The highest BCUT2D eigenvalue weighted by Crippen LogP contribution is 2.25. The molecule has 1 aromatic heterocycles. The van der Waals surface area contributed by atoms with Crippen LogP contribution in [0.5, 0.6) is 0 Å². The minimum Gasteiger partial charge on any atom is -0.326 e. The van der Waals surface area contributed by atoms with Crippen molar-refractivity contribution < 1.29 is 4.79 Å². The molecule has 0 unspecified atom stereocenters. The molecule has 1 heterocycles. The number of nitrogens with zero attached hydrogens (tertiary/aromatic N) is 3. The van der Waals surface area contributed by atoms with E-state index in [2.05, 4.69) is 39.2 Å². The van der Waals surface area contributed by atoms with Gasteiger partial charge in [0.15, 0.2) is 5.78 Å². The molecule has 0 saturated heterocycles. The average molecular weight is 346 g/mol. The lowest BCUT2D eigenvalue weighted by molar-refractivity contribution is 0.101. The summed E-state index contributed by atoms with van der Waals surface area (Å²) in [5, 5.41) is 3.21. The first-order chi connectivity index (χ1) is 12.6. The Morgan fingerprint density at radius 3 is 2.50 bits per heavy atom. The quantitative estimate of drug-likeness (QED) is 0.644. The van der Waals surface area contributed by atoms with Crippen LogP contribution in [0, 0.1) is 6.92 Å². The molecule has 0 aliphatic rings. The summed E-state index contributed by atoms with van der Waals surface area (Å²) in [5.41, 5.74) is 3.39. The average Bonchev–Trinajstić information content (AvgIpc) is 2.63. The van der Waals surface area contributed by atoms with Crippen LogP contribution in [-0.4, -0.2) is 22.3 Å². The second-order valence-electron chi connectivity index (χ2n) is 6.03. The van der Waals surface area contributed by atoms with Gasteiger partial charge in [0.05, 0.1) is 0 Å². The highest BCUT2D eigenvalue weighted by Gasteiger charge is 2.11. The lowest BCUT2D eigenvalue weighted by atomic mass is 10.1. The van der Waals surface area contributed by atoms with Gasteiger partial charge >= 0.3 is 0 Å². The number of ketones is 1. The molecule has 3 rings (SSSR count). The van der Waals surface area contributed by atoms with Crippen LogP contribution in [0.3, 0.4) is 0 Å². The molecular weight excluding hydrogens is 324 g/mol. The van der Waals surface area contributed by atoms with Gasteiger partial charge in [-0.1, -0.05) is 30.3 Å². The molecule has 5 heteroatoms. The summed E-state index contributed by atoms with van der Waals surface area (Å²) in [6, 6.07) is 19.5. The molecule has 0 radical (unpaired) electrons. The van der Waals surface area contributed by atoms with Gasteiger partial charge in [-0.25, -0.2) is 4.98 Å². The Hall–Kier alpha value is -3.21. The Morgan fingerprint density at radius 2 is 1.81 bits per heavy atom. The Bertz CT molecular complexity index is 909. The Balaban J connectivity index is 1.92. The Labute approximate surface area is 153 Å². The second-order valence-corrected chi connectivity index (χ2v) is 6.03. The predicted molar refractivity (Wildman–Crippen MR) is 106 cm³/mol. The van der Waals surface area contributed by atoms with E-state index in [-0.39, 0.29) is 5.78 Å². The number of hydrogen-bond acceptors (Lipinski definition) is 5. The molecule has 1 N–H and O–H groups in total. The fourth-order valence-corrected chi connectivity index (χ4v) is 2.78. The van der Waals surface area contributed by atoms with Crippen LogP contribution in [0.4, 0.5) is 23.1 Å². The lowest BCUT2D eigenvalue weighted by Crippen LogP contribution is -2.18. The summed E-state index contributed by atoms with van der Waals surface area (Å²) >= 11 is 0. The van der Waals surface area contributed by atoms with Gasteiger partial charge in [-0.15, -0.1) is 0 Å². The maximum atomic E-state index is 11.6. The number of nitrogens with one attached hydrogen (secondary N) is 1. The van der Waals surface area contributed by atoms with Crippen molar-refractivity contribution in [3.05, 3.63) is 71.9 Å². The van der Waals surface area contributed by atoms with Crippen LogP contribution in [0.15, 0.2) is 60.7 Å². The number of Topliss-reactive ketones (excluding diaryl/α,β-unsaturated/α-hetero) is 1. The monoisotopic (exact) mass is 346 g/mol. The van der Waals surface area contributed by atoms with E-state index in [0.717, 1.165) is 29.4 Å². The van der Waals surface area contributed by atoms with E-state index in [1.165, 1.54) is 0 Å². The molecule has 0 amide bonds. The molecule has 2 aromatic carbocycles. The molecule has 0 aliphatic carbocycles. The van der Waals surface area contributed by atoms with Crippen LogP contribution >= 0.6 is 0 Å². The predicted octanol–water partition coefficient (Wildman–Crippen LogP) is 4.89. The lowest BCUT2D eigenvalue weighted by Gasteiger charge is -2.23. The molecule has 132 valence electrons. The van der Waals surface area contributed by atoms with E-state index in [1.54, 1.807) is 13.0 Å². The van der Waals surface area contributed by atoms with Gasteiger partial charge in [-0.05, 0) is 45.0 Å². The summed E-state index contributed by atoms with van der Waals surface area (Å²) < 4.78 is 0. The van der Waals surface area contributed by atoms with Gasteiger partial charge in [0.2, 0.25) is 5.95 Å². The number of carbonyl (C=O) groups is 1. The van der Waals surface area contributed by atoms with Crippen molar-refractivity contribution in [2.24, 2.45) is 0 Å². The highest BCUT2D eigenvalue weighted by molar-refractivity contribution is 5.95. The van der Waals surface area contributed by atoms with E-state index >= 15 is 0 Å². The number of aromatic nitrogens is 2. The van der Waals surface area contributed by atoms with E-state index in [0.29, 0.717) is 11.5 Å². The van der Waals surface area contributed by atoms with Gasteiger partial charge < -0.3 is 10.2 Å². The first-order valence-corrected chi connectivity index (χ1v) is 8.63.